The molecule has 1 aromatic heterocycles. The maximum Gasteiger partial charge on any atom is 0.356 e. The van der Waals surface area contributed by atoms with Gasteiger partial charge in [-0.25, -0.2) is 0 Å². The summed E-state index contributed by atoms with van der Waals surface area (Å²) in [4.78, 5) is 7.49. The summed E-state index contributed by atoms with van der Waals surface area (Å²) in [5.41, 5.74) is 11.0. The SMILES string of the molecule is CC(C)OP(=O)(COCCOc1nc(N)nc(N)c1C#N)OC(C)C. The van der Waals surface area contributed by atoms with E-state index < -0.39 is 7.60 Å². The molecule has 0 unspecified atom stereocenters. The number of nitriles is 1. The molecule has 0 saturated carbocycles. The zero-order valence-electron chi connectivity index (χ0n) is 14.8. The van der Waals surface area contributed by atoms with Crippen LogP contribution in [0.25, 0.3) is 0 Å². The lowest BCUT2D eigenvalue weighted by Crippen LogP contribution is -2.15. The number of ether oxygens (including phenoxy) is 2. The predicted molar refractivity (Wildman–Crippen MR) is 91.9 cm³/mol. The van der Waals surface area contributed by atoms with Gasteiger partial charge in [-0.3, -0.25) is 4.57 Å². The number of hydrogen-bond donors (Lipinski definition) is 2. The number of rotatable bonds is 10. The minimum absolute atomic E-state index is 0.00819. The third-order valence-electron chi connectivity index (χ3n) is 2.49. The lowest BCUT2D eigenvalue weighted by molar-refractivity contribution is 0.0844. The van der Waals surface area contributed by atoms with Crippen molar-refractivity contribution in [2.75, 3.05) is 31.0 Å². The quantitative estimate of drug-likeness (QED) is 0.458. The third-order valence-corrected chi connectivity index (χ3v) is 4.48. The third kappa shape index (κ3) is 7.23. The fourth-order valence-corrected chi connectivity index (χ4v) is 3.59. The van der Waals surface area contributed by atoms with Gasteiger partial charge in [0.2, 0.25) is 11.8 Å². The zero-order valence-corrected chi connectivity index (χ0v) is 15.7. The second kappa shape index (κ2) is 9.53. The highest BCUT2D eigenvalue weighted by atomic mass is 31.2. The Bertz CT molecular complexity index is 648. The highest BCUT2D eigenvalue weighted by Gasteiger charge is 2.28. The maximum atomic E-state index is 12.5. The predicted octanol–water partition coefficient (Wildman–Crippen LogP) is 1.91. The van der Waals surface area contributed by atoms with E-state index in [2.05, 4.69) is 9.97 Å². The lowest BCUT2D eigenvalue weighted by atomic mass is 10.3. The van der Waals surface area contributed by atoms with Crippen LogP contribution in [0.3, 0.4) is 0 Å². The number of hydrogen-bond acceptors (Lipinski definition) is 10. The van der Waals surface area contributed by atoms with Crippen LogP contribution in [0.2, 0.25) is 0 Å². The van der Waals surface area contributed by atoms with E-state index in [0.29, 0.717) is 0 Å². The molecule has 25 heavy (non-hydrogen) atoms. The van der Waals surface area contributed by atoms with Crippen molar-refractivity contribution in [1.29, 1.82) is 5.26 Å². The van der Waals surface area contributed by atoms with Gasteiger partial charge in [-0.05, 0) is 27.7 Å². The molecular formula is C14H24N5O5P. The van der Waals surface area contributed by atoms with Gasteiger partial charge in [0, 0.05) is 0 Å². The molecule has 0 aromatic carbocycles. The summed E-state index contributed by atoms with van der Waals surface area (Å²) >= 11 is 0. The summed E-state index contributed by atoms with van der Waals surface area (Å²) in [7, 11) is -3.37. The summed E-state index contributed by atoms with van der Waals surface area (Å²) in [5.74, 6) is -0.199. The van der Waals surface area contributed by atoms with Crippen molar-refractivity contribution in [2.45, 2.75) is 39.9 Å². The van der Waals surface area contributed by atoms with Crippen LogP contribution >= 0.6 is 7.60 Å². The van der Waals surface area contributed by atoms with Crippen LogP contribution in [0.1, 0.15) is 33.3 Å². The second-order valence-electron chi connectivity index (χ2n) is 5.56. The van der Waals surface area contributed by atoms with Crippen LogP contribution in [0.4, 0.5) is 11.8 Å². The van der Waals surface area contributed by atoms with E-state index in [-0.39, 0.29) is 55.0 Å². The van der Waals surface area contributed by atoms with Crippen molar-refractivity contribution in [3.8, 4) is 11.9 Å². The fourth-order valence-electron chi connectivity index (χ4n) is 1.79. The molecule has 0 fully saturated rings. The van der Waals surface area contributed by atoms with E-state index >= 15 is 0 Å². The molecule has 140 valence electrons. The average molecular weight is 373 g/mol. The smallest absolute Gasteiger partial charge is 0.356 e. The molecule has 0 bridgehead atoms. The number of nitrogens with zero attached hydrogens (tertiary/aromatic N) is 3. The molecule has 0 saturated heterocycles. The average Bonchev–Trinajstić information content (AvgIpc) is 2.44. The summed E-state index contributed by atoms with van der Waals surface area (Å²) in [6.45, 7) is 7.13. The van der Waals surface area contributed by atoms with Crippen molar-refractivity contribution < 1.29 is 23.1 Å². The van der Waals surface area contributed by atoms with Gasteiger partial charge in [-0.15, -0.1) is 0 Å². The number of anilines is 2. The van der Waals surface area contributed by atoms with Crippen molar-refractivity contribution in [1.82, 2.24) is 9.97 Å². The summed E-state index contributed by atoms with van der Waals surface area (Å²) in [6.07, 6.45) is -0.754. The first-order valence-electron chi connectivity index (χ1n) is 7.66. The Kier molecular flexibility index (Phi) is 8.06. The van der Waals surface area contributed by atoms with Gasteiger partial charge in [0.05, 0.1) is 18.8 Å². The van der Waals surface area contributed by atoms with Gasteiger partial charge in [0.15, 0.2) is 11.4 Å². The van der Waals surface area contributed by atoms with E-state index in [1.54, 1.807) is 27.7 Å². The van der Waals surface area contributed by atoms with Gasteiger partial charge in [-0.1, -0.05) is 0 Å². The van der Waals surface area contributed by atoms with Gasteiger partial charge in [0.25, 0.3) is 0 Å². The highest BCUT2D eigenvalue weighted by Crippen LogP contribution is 2.50. The minimum Gasteiger partial charge on any atom is -0.474 e. The standard InChI is InChI=1S/C14H24N5O5P/c1-9(2)23-25(20,24-10(3)4)8-21-5-6-22-13-11(7-15)12(16)18-14(17)19-13/h9-10H,5-6,8H2,1-4H3,(H4,16,17,18,19). The number of nitrogens with two attached hydrogens (primary N) is 2. The molecule has 1 rings (SSSR count). The number of nitrogen functional groups attached to an aromatic ring is 2. The van der Waals surface area contributed by atoms with Crippen LogP contribution in [0, 0.1) is 11.3 Å². The Morgan fingerprint density at radius 1 is 1.12 bits per heavy atom. The van der Waals surface area contributed by atoms with Crippen molar-refractivity contribution in [2.24, 2.45) is 0 Å². The Hall–Kier alpha value is -1.92. The van der Waals surface area contributed by atoms with Crippen LogP contribution in [0.15, 0.2) is 0 Å². The van der Waals surface area contributed by atoms with Crippen molar-refractivity contribution >= 4 is 19.4 Å². The number of aromatic nitrogens is 2. The zero-order chi connectivity index (χ0) is 19.0. The first-order chi connectivity index (χ1) is 11.7. The van der Waals surface area contributed by atoms with Gasteiger partial charge in [0.1, 0.15) is 19.0 Å². The van der Waals surface area contributed by atoms with Crippen LogP contribution in [-0.2, 0) is 18.3 Å². The van der Waals surface area contributed by atoms with Gasteiger partial charge < -0.3 is 30.0 Å². The second-order valence-corrected chi connectivity index (χ2v) is 7.47. The Labute approximate surface area is 147 Å². The van der Waals surface area contributed by atoms with Gasteiger partial charge in [-0.2, -0.15) is 15.2 Å². The molecule has 4 N–H and O–H groups in total. The molecule has 10 nitrogen and oxygen atoms in total. The molecule has 0 aliphatic rings. The molecule has 1 heterocycles. The lowest BCUT2D eigenvalue weighted by Gasteiger charge is -2.22. The maximum absolute atomic E-state index is 12.5. The van der Waals surface area contributed by atoms with E-state index in [9.17, 15) is 4.57 Å². The fraction of sp³-hybridized carbons (Fsp3) is 0.643. The van der Waals surface area contributed by atoms with Crippen molar-refractivity contribution in [3.63, 3.8) is 0 Å². The normalized spacial score (nSPS) is 11.7. The minimum atomic E-state index is -3.37. The Balaban J connectivity index is 2.55. The Morgan fingerprint density at radius 2 is 1.72 bits per heavy atom. The molecule has 0 aliphatic heterocycles. The largest absolute Gasteiger partial charge is 0.474 e. The van der Waals surface area contributed by atoms with E-state index in [0.717, 1.165) is 0 Å². The Morgan fingerprint density at radius 3 is 2.24 bits per heavy atom. The van der Waals surface area contributed by atoms with Crippen LogP contribution in [0.5, 0.6) is 5.88 Å². The summed E-state index contributed by atoms with van der Waals surface area (Å²) in [6, 6.07) is 1.84. The van der Waals surface area contributed by atoms with Crippen LogP contribution < -0.4 is 16.2 Å². The van der Waals surface area contributed by atoms with E-state index in [4.69, 9.17) is 35.3 Å². The monoisotopic (exact) mass is 373 g/mol. The van der Waals surface area contributed by atoms with Crippen LogP contribution in [-0.4, -0.2) is 41.7 Å². The molecule has 11 heteroatoms. The van der Waals surface area contributed by atoms with E-state index in [1.807, 2.05) is 6.07 Å². The van der Waals surface area contributed by atoms with Crippen molar-refractivity contribution in [3.05, 3.63) is 5.56 Å². The molecule has 1 aromatic rings. The topological polar surface area (TPSA) is 156 Å². The first kappa shape index (κ1) is 21.1. The molecule has 0 amide bonds. The first-order valence-corrected chi connectivity index (χ1v) is 9.39. The molecule has 0 atom stereocenters. The summed E-state index contributed by atoms with van der Waals surface area (Å²) in [5, 5.41) is 9.04. The molecule has 0 radical (unpaired) electrons. The summed E-state index contributed by atoms with van der Waals surface area (Å²) < 4.78 is 33.9. The van der Waals surface area contributed by atoms with E-state index in [1.165, 1.54) is 0 Å². The van der Waals surface area contributed by atoms with Gasteiger partial charge >= 0.3 is 7.60 Å². The molecule has 0 aliphatic carbocycles. The highest BCUT2D eigenvalue weighted by molar-refractivity contribution is 7.53. The molecule has 0 spiro atoms. The molecular weight excluding hydrogens is 349 g/mol.